The maximum Gasteiger partial charge on any atom is 0.196 e. The molecule has 0 spiro atoms. The van der Waals surface area contributed by atoms with Crippen molar-refractivity contribution < 1.29 is 4.79 Å². The Kier molecular flexibility index (Phi) is 5.71. The number of nitrogen functional groups attached to an aromatic ring is 2. The van der Waals surface area contributed by atoms with Crippen molar-refractivity contribution in [3.63, 3.8) is 0 Å². The molecule has 0 saturated heterocycles. The number of carbonyl (C=O) groups is 1. The molecule has 0 aliphatic heterocycles. The maximum absolute atomic E-state index is 13.0. The van der Waals surface area contributed by atoms with Crippen LogP contribution in [0.25, 0.3) is 11.1 Å². The van der Waals surface area contributed by atoms with Crippen LogP contribution in [0.15, 0.2) is 47.5 Å². The first kappa shape index (κ1) is 18.1. The van der Waals surface area contributed by atoms with E-state index >= 15 is 0 Å². The zero-order valence-corrected chi connectivity index (χ0v) is 14.9. The molecule has 0 heterocycles. The Balaban J connectivity index is 2.55. The number of halogens is 2. The van der Waals surface area contributed by atoms with Gasteiger partial charge < -0.3 is 11.5 Å². The first-order chi connectivity index (χ1) is 11.4. The number of Topliss-reactive ketones (excluding diaryl/α,β-unsaturated/α-hetero) is 1. The van der Waals surface area contributed by atoms with Crippen molar-refractivity contribution in [3.05, 3.63) is 69.7 Å². The van der Waals surface area contributed by atoms with E-state index in [2.05, 4.69) is 0 Å². The van der Waals surface area contributed by atoms with Crippen molar-refractivity contribution in [3.8, 4) is 0 Å². The molecule has 124 valence electrons. The Morgan fingerprint density at radius 3 is 1.54 bits per heavy atom. The number of hydrogen-bond donors (Lipinski definition) is 2. The van der Waals surface area contributed by atoms with E-state index in [0.717, 1.165) is 11.1 Å². The van der Waals surface area contributed by atoms with Crippen LogP contribution in [0.3, 0.4) is 0 Å². The molecule has 0 saturated carbocycles. The summed E-state index contributed by atoms with van der Waals surface area (Å²) >= 11 is 11.9. The average molecular weight is 361 g/mol. The summed E-state index contributed by atoms with van der Waals surface area (Å²) in [5, 5.41) is 0. The van der Waals surface area contributed by atoms with Gasteiger partial charge in [0.1, 0.15) is 0 Å². The van der Waals surface area contributed by atoms with Gasteiger partial charge in [-0.1, -0.05) is 35.3 Å². The first-order valence-corrected chi connectivity index (χ1v) is 8.14. The number of aryl methyl sites for hydroxylation is 2. The first-order valence-electron chi connectivity index (χ1n) is 7.27. The van der Waals surface area contributed by atoms with Crippen LogP contribution in [0.2, 0.25) is 0 Å². The molecule has 5 heteroatoms. The zero-order chi connectivity index (χ0) is 17.9. The molecule has 0 amide bonds. The van der Waals surface area contributed by atoms with Gasteiger partial charge >= 0.3 is 0 Å². The molecule has 0 fully saturated rings. The lowest BCUT2D eigenvalue weighted by molar-refractivity contribution is -0.108. The molecule has 0 aliphatic carbocycles. The number of nitrogens with two attached hydrogens (primary N) is 2. The maximum atomic E-state index is 13.0. The quantitative estimate of drug-likeness (QED) is 0.601. The van der Waals surface area contributed by atoms with Gasteiger partial charge in [0.25, 0.3) is 0 Å². The van der Waals surface area contributed by atoms with Crippen LogP contribution in [0.1, 0.15) is 22.3 Å². The molecule has 0 atom stereocenters. The Morgan fingerprint density at radius 2 is 1.21 bits per heavy atom. The van der Waals surface area contributed by atoms with E-state index in [1.807, 2.05) is 26.0 Å². The number of allylic oxidation sites excluding steroid dienone is 2. The minimum absolute atomic E-state index is 0.289. The average Bonchev–Trinajstić information content (AvgIpc) is 2.55. The smallest absolute Gasteiger partial charge is 0.196 e. The van der Waals surface area contributed by atoms with Gasteiger partial charge in [-0.3, -0.25) is 4.79 Å². The molecule has 2 aromatic carbocycles. The third kappa shape index (κ3) is 3.64. The number of carbonyl (C=O) groups excluding carboxylic acids is 1. The number of hydrogen-bond acceptors (Lipinski definition) is 3. The highest BCUT2D eigenvalue weighted by atomic mass is 35.5. The highest BCUT2D eigenvalue weighted by Gasteiger charge is 2.21. The Bertz CT molecular complexity index is 785. The minimum Gasteiger partial charge on any atom is -0.399 e. The van der Waals surface area contributed by atoms with E-state index in [0.29, 0.717) is 33.6 Å². The number of ketones is 1. The molecule has 0 radical (unpaired) electrons. The fourth-order valence-corrected chi connectivity index (χ4v) is 2.90. The van der Waals surface area contributed by atoms with Crippen LogP contribution in [0.4, 0.5) is 11.4 Å². The van der Waals surface area contributed by atoms with Crippen LogP contribution < -0.4 is 11.5 Å². The van der Waals surface area contributed by atoms with E-state index < -0.39 is 0 Å². The fraction of sp³-hybridized carbons (Fsp3) is 0.105. The van der Waals surface area contributed by atoms with Gasteiger partial charge in [-0.2, -0.15) is 0 Å². The molecule has 0 aromatic heterocycles. The molecule has 0 unspecified atom stereocenters. The monoisotopic (exact) mass is 360 g/mol. The number of rotatable bonds is 4. The van der Waals surface area contributed by atoms with Crippen molar-refractivity contribution in [2.75, 3.05) is 11.5 Å². The predicted octanol–water partition coefficient (Wildman–Crippen LogP) is 4.90. The van der Waals surface area contributed by atoms with Crippen molar-refractivity contribution in [1.29, 1.82) is 0 Å². The van der Waals surface area contributed by atoms with E-state index in [4.69, 9.17) is 34.7 Å². The molecule has 4 N–H and O–H groups in total. The molecular formula is C19H18Cl2N2O. The lowest BCUT2D eigenvalue weighted by Crippen LogP contribution is -2.08. The van der Waals surface area contributed by atoms with Gasteiger partial charge in [0, 0.05) is 33.6 Å². The van der Waals surface area contributed by atoms with Crippen molar-refractivity contribution >= 4 is 51.5 Å². The molecular weight excluding hydrogens is 343 g/mol. The minimum atomic E-state index is -0.289. The third-order valence-corrected chi connectivity index (χ3v) is 4.25. The van der Waals surface area contributed by atoms with Gasteiger partial charge in [0.05, 0.1) is 0 Å². The number of anilines is 2. The van der Waals surface area contributed by atoms with E-state index in [9.17, 15) is 4.79 Å². The van der Waals surface area contributed by atoms with Gasteiger partial charge in [-0.15, -0.1) is 0 Å². The highest BCUT2D eigenvalue weighted by Crippen LogP contribution is 2.31. The van der Waals surface area contributed by atoms with Gasteiger partial charge in [-0.25, -0.2) is 0 Å². The lowest BCUT2D eigenvalue weighted by Gasteiger charge is -2.14. The Labute approximate surface area is 151 Å². The van der Waals surface area contributed by atoms with Crippen LogP contribution in [-0.2, 0) is 4.79 Å². The van der Waals surface area contributed by atoms with Crippen molar-refractivity contribution in [1.82, 2.24) is 0 Å². The Hall–Kier alpha value is -2.23. The lowest BCUT2D eigenvalue weighted by atomic mass is 9.90. The summed E-state index contributed by atoms with van der Waals surface area (Å²) in [6.07, 6.45) is 0. The number of benzene rings is 2. The second-order valence-corrected chi connectivity index (χ2v) is 5.96. The SMILES string of the molecule is Cc1ccc(N)cc1C(=CCl)C(=O)C(=CCl)c1cc(N)ccc1C. The van der Waals surface area contributed by atoms with Gasteiger partial charge in [0.15, 0.2) is 5.78 Å². The normalized spacial score (nSPS) is 12.3. The Morgan fingerprint density at radius 1 is 0.833 bits per heavy atom. The van der Waals surface area contributed by atoms with Crippen molar-refractivity contribution in [2.24, 2.45) is 0 Å². The van der Waals surface area contributed by atoms with Crippen LogP contribution in [0, 0.1) is 13.8 Å². The molecule has 2 rings (SSSR count). The second kappa shape index (κ2) is 7.56. The van der Waals surface area contributed by atoms with Crippen LogP contribution in [0.5, 0.6) is 0 Å². The fourth-order valence-electron chi connectivity index (χ4n) is 2.47. The molecule has 2 aromatic rings. The highest BCUT2D eigenvalue weighted by molar-refractivity contribution is 6.50. The second-order valence-electron chi connectivity index (χ2n) is 5.52. The summed E-state index contributed by atoms with van der Waals surface area (Å²) in [4.78, 5) is 13.0. The zero-order valence-electron chi connectivity index (χ0n) is 13.4. The topological polar surface area (TPSA) is 69.1 Å². The summed E-state index contributed by atoms with van der Waals surface area (Å²) in [6, 6.07) is 10.7. The summed E-state index contributed by atoms with van der Waals surface area (Å²) in [5.41, 5.74) is 19.1. The van der Waals surface area contributed by atoms with E-state index in [1.54, 1.807) is 24.3 Å². The van der Waals surface area contributed by atoms with Crippen LogP contribution in [-0.4, -0.2) is 5.78 Å². The largest absolute Gasteiger partial charge is 0.399 e. The predicted molar refractivity (Wildman–Crippen MR) is 104 cm³/mol. The third-order valence-electron chi connectivity index (χ3n) is 3.81. The van der Waals surface area contributed by atoms with Gasteiger partial charge in [-0.05, 0) is 60.4 Å². The summed E-state index contributed by atoms with van der Waals surface area (Å²) in [6.45, 7) is 3.77. The summed E-state index contributed by atoms with van der Waals surface area (Å²) in [7, 11) is 0. The summed E-state index contributed by atoms with van der Waals surface area (Å²) in [5.74, 6) is -0.289. The standard InChI is InChI=1S/C19H18Cl2N2O/c1-11-3-5-13(22)7-15(11)17(9-20)19(24)18(10-21)16-8-14(23)6-4-12(16)2/h3-10H,22-23H2,1-2H3. The molecule has 24 heavy (non-hydrogen) atoms. The summed E-state index contributed by atoms with van der Waals surface area (Å²) < 4.78 is 0. The van der Waals surface area contributed by atoms with Crippen LogP contribution >= 0.6 is 23.2 Å². The molecule has 0 bridgehead atoms. The van der Waals surface area contributed by atoms with Gasteiger partial charge in [0.2, 0.25) is 0 Å². The van der Waals surface area contributed by atoms with E-state index in [1.165, 1.54) is 11.1 Å². The van der Waals surface area contributed by atoms with Crippen molar-refractivity contribution in [2.45, 2.75) is 13.8 Å². The van der Waals surface area contributed by atoms with E-state index in [-0.39, 0.29) is 5.78 Å². The molecule has 3 nitrogen and oxygen atoms in total. The molecule has 0 aliphatic rings.